The number of hydrogen-bond acceptors (Lipinski definition) is 4. The molecule has 0 bridgehead atoms. The number of halogens is 1. The van der Waals surface area contributed by atoms with Gasteiger partial charge in [0.25, 0.3) is 0 Å². The summed E-state index contributed by atoms with van der Waals surface area (Å²) in [6.45, 7) is 2.53. The van der Waals surface area contributed by atoms with E-state index in [0.29, 0.717) is 25.3 Å². The molecule has 7 heteroatoms. The van der Waals surface area contributed by atoms with Crippen LogP contribution in [0, 0.1) is 5.82 Å². The fourth-order valence-corrected chi connectivity index (χ4v) is 2.39. The summed E-state index contributed by atoms with van der Waals surface area (Å²) in [5, 5.41) is 9.01. The second-order valence-corrected chi connectivity index (χ2v) is 5.48. The zero-order valence-corrected chi connectivity index (χ0v) is 12.9. The smallest absolute Gasteiger partial charge is 0.334 e. The van der Waals surface area contributed by atoms with Crippen LogP contribution in [0.3, 0.4) is 0 Å². The number of carboxylic acids is 1. The van der Waals surface area contributed by atoms with Crippen LogP contribution in [0.5, 0.6) is 5.75 Å². The number of nitrogens with zero attached hydrogens (tertiary/aromatic N) is 1. The Bertz CT molecular complexity index is 548. The topological polar surface area (TPSA) is 76.1 Å². The van der Waals surface area contributed by atoms with E-state index >= 15 is 0 Å². The van der Waals surface area contributed by atoms with Crippen LogP contribution in [-0.4, -0.2) is 53.8 Å². The lowest BCUT2D eigenvalue weighted by atomic mass is 10.2. The zero-order chi connectivity index (χ0) is 16.8. The lowest BCUT2D eigenvalue weighted by molar-refractivity contribution is -0.166. The summed E-state index contributed by atoms with van der Waals surface area (Å²) >= 11 is 0. The summed E-state index contributed by atoms with van der Waals surface area (Å²) in [7, 11) is 0. The molecule has 0 aromatic heterocycles. The molecule has 1 heterocycles. The number of hydrogen-bond donors (Lipinski definition) is 1. The van der Waals surface area contributed by atoms with Crippen LogP contribution in [0.1, 0.15) is 19.8 Å². The molecule has 126 valence electrons. The second-order valence-electron chi connectivity index (χ2n) is 5.48. The van der Waals surface area contributed by atoms with Gasteiger partial charge in [0.2, 0.25) is 5.91 Å². The van der Waals surface area contributed by atoms with Crippen LogP contribution in [0.2, 0.25) is 0 Å². The number of benzene rings is 1. The third kappa shape index (κ3) is 5.21. The molecule has 0 radical (unpaired) electrons. The number of carbonyl (C=O) groups is 2. The minimum absolute atomic E-state index is 0.0668. The first-order valence-corrected chi connectivity index (χ1v) is 7.50. The minimum Gasteiger partial charge on any atom is -0.494 e. The Morgan fingerprint density at radius 1 is 1.35 bits per heavy atom. The molecule has 0 saturated carbocycles. The lowest BCUT2D eigenvalue weighted by Crippen LogP contribution is -2.51. The molecule has 1 fully saturated rings. The van der Waals surface area contributed by atoms with Crippen molar-refractivity contribution >= 4 is 11.9 Å². The highest BCUT2D eigenvalue weighted by Gasteiger charge is 2.32. The standard InChI is InChI=1S/C16H20FNO5/c1-11-9-18(10-14(23-11)16(20)21)15(19)3-2-8-22-13-6-4-12(17)5-7-13/h4-7,11,14H,2-3,8-10H2,1H3,(H,20,21)/t11-,14?/m1/s1. The molecule has 1 aliphatic rings. The van der Waals surface area contributed by atoms with Gasteiger partial charge in [0, 0.05) is 13.0 Å². The van der Waals surface area contributed by atoms with Crippen molar-refractivity contribution in [2.24, 2.45) is 0 Å². The lowest BCUT2D eigenvalue weighted by Gasteiger charge is -2.35. The minimum atomic E-state index is -1.06. The fraction of sp³-hybridized carbons (Fsp3) is 0.500. The molecule has 1 N–H and O–H groups in total. The summed E-state index contributed by atoms with van der Waals surface area (Å²) in [4.78, 5) is 24.7. The van der Waals surface area contributed by atoms with Crippen LogP contribution in [0.25, 0.3) is 0 Å². The number of morpholine rings is 1. The largest absolute Gasteiger partial charge is 0.494 e. The van der Waals surface area contributed by atoms with Gasteiger partial charge >= 0.3 is 5.97 Å². The van der Waals surface area contributed by atoms with Crippen molar-refractivity contribution in [2.75, 3.05) is 19.7 Å². The van der Waals surface area contributed by atoms with E-state index in [2.05, 4.69) is 0 Å². The normalized spacial score (nSPS) is 21.0. The maximum atomic E-state index is 12.7. The van der Waals surface area contributed by atoms with E-state index in [4.69, 9.17) is 14.6 Å². The SMILES string of the molecule is C[C@@H]1CN(C(=O)CCCOc2ccc(F)cc2)CC(C(=O)O)O1. The van der Waals surface area contributed by atoms with Crippen LogP contribution in [-0.2, 0) is 14.3 Å². The van der Waals surface area contributed by atoms with E-state index in [1.807, 2.05) is 0 Å². The molecule has 0 aliphatic carbocycles. The van der Waals surface area contributed by atoms with Crippen molar-refractivity contribution in [1.82, 2.24) is 4.90 Å². The Kier molecular flexibility index (Phi) is 5.92. The fourth-order valence-electron chi connectivity index (χ4n) is 2.39. The predicted molar refractivity (Wildman–Crippen MR) is 79.7 cm³/mol. The molecular formula is C16H20FNO5. The molecule has 1 aromatic rings. The Labute approximate surface area is 133 Å². The quantitative estimate of drug-likeness (QED) is 0.806. The maximum Gasteiger partial charge on any atom is 0.334 e. The molecular weight excluding hydrogens is 305 g/mol. The van der Waals surface area contributed by atoms with Crippen LogP contribution < -0.4 is 4.74 Å². The third-order valence-electron chi connectivity index (χ3n) is 3.51. The predicted octanol–water partition coefficient (Wildman–Crippen LogP) is 1.69. The van der Waals surface area contributed by atoms with E-state index in [1.54, 1.807) is 6.92 Å². The number of carbonyl (C=O) groups excluding carboxylic acids is 1. The van der Waals surface area contributed by atoms with Crippen LogP contribution in [0.15, 0.2) is 24.3 Å². The number of ether oxygens (including phenoxy) is 2. The number of amides is 1. The summed E-state index contributed by atoms with van der Waals surface area (Å²) in [5.41, 5.74) is 0. The molecule has 1 aromatic carbocycles. The Balaban J connectivity index is 1.73. The molecule has 2 atom stereocenters. The van der Waals surface area contributed by atoms with Crippen LogP contribution >= 0.6 is 0 Å². The average Bonchev–Trinajstić information content (AvgIpc) is 2.52. The van der Waals surface area contributed by atoms with E-state index in [9.17, 15) is 14.0 Å². The second kappa shape index (κ2) is 7.92. The van der Waals surface area contributed by atoms with E-state index in [0.717, 1.165) is 0 Å². The molecule has 1 aliphatic heterocycles. The summed E-state index contributed by atoms with van der Waals surface area (Å²) in [5.74, 6) is -0.963. The van der Waals surface area contributed by atoms with Crippen molar-refractivity contribution in [3.63, 3.8) is 0 Å². The highest BCUT2D eigenvalue weighted by Crippen LogP contribution is 2.14. The van der Waals surface area contributed by atoms with Crippen molar-refractivity contribution < 1.29 is 28.6 Å². The van der Waals surface area contributed by atoms with E-state index in [1.165, 1.54) is 29.2 Å². The number of carboxylic acid groups (broad SMARTS) is 1. The molecule has 6 nitrogen and oxygen atoms in total. The summed E-state index contributed by atoms with van der Waals surface area (Å²) in [6.07, 6.45) is -0.512. The van der Waals surface area contributed by atoms with Crippen LogP contribution in [0.4, 0.5) is 4.39 Å². The van der Waals surface area contributed by atoms with Gasteiger partial charge < -0.3 is 19.5 Å². The van der Waals surface area contributed by atoms with E-state index < -0.39 is 12.1 Å². The summed E-state index contributed by atoms with van der Waals surface area (Å²) in [6, 6.07) is 5.67. The van der Waals surface area contributed by atoms with Crippen molar-refractivity contribution in [3.05, 3.63) is 30.1 Å². The molecule has 23 heavy (non-hydrogen) atoms. The average molecular weight is 325 g/mol. The molecule has 2 rings (SSSR count). The van der Waals surface area contributed by atoms with E-state index in [-0.39, 0.29) is 30.8 Å². The van der Waals surface area contributed by atoms with Gasteiger partial charge in [-0.15, -0.1) is 0 Å². The number of rotatable bonds is 6. The van der Waals surface area contributed by atoms with Gasteiger partial charge in [-0.3, -0.25) is 4.79 Å². The first-order valence-electron chi connectivity index (χ1n) is 7.50. The number of aliphatic carboxylic acids is 1. The Morgan fingerprint density at radius 2 is 2.04 bits per heavy atom. The highest BCUT2D eigenvalue weighted by molar-refractivity contribution is 5.78. The molecule has 1 unspecified atom stereocenters. The Hall–Kier alpha value is -2.15. The van der Waals surface area contributed by atoms with Gasteiger partial charge in [-0.1, -0.05) is 0 Å². The van der Waals surface area contributed by atoms with Gasteiger partial charge in [0.1, 0.15) is 11.6 Å². The van der Waals surface area contributed by atoms with Gasteiger partial charge in [-0.05, 0) is 37.6 Å². The van der Waals surface area contributed by atoms with Crippen molar-refractivity contribution in [1.29, 1.82) is 0 Å². The molecule has 1 saturated heterocycles. The van der Waals surface area contributed by atoms with Gasteiger partial charge in [0.05, 0.1) is 19.3 Å². The monoisotopic (exact) mass is 325 g/mol. The third-order valence-corrected chi connectivity index (χ3v) is 3.51. The van der Waals surface area contributed by atoms with Crippen molar-refractivity contribution in [3.8, 4) is 5.75 Å². The maximum absolute atomic E-state index is 12.7. The highest BCUT2D eigenvalue weighted by atomic mass is 19.1. The van der Waals surface area contributed by atoms with Gasteiger partial charge in [-0.2, -0.15) is 0 Å². The Morgan fingerprint density at radius 3 is 2.70 bits per heavy atom. The molecule has 1 amide bonds. The molecule has 0 spiro atoms. The van der Waals surface area contributed by atoms with Gasteiger partial charge in [0.15, 0.2) is 6.10 Å². The summed E-state index contributed by atoms with van der Waals surface area (Å²) < 4.78 is 23.4. The first kappa shape index (κ1) is 17.2. The van der Waals surface area contributed by atoms with Gasteiger partial charge in [-0.25, -0.2) is 9.18 Å². The zero-order valence-electron chi connectivity index (χ0n) is 12.9. The first-order chi connectivity index (χ1) is 11.0. The van der Waals surface area contributed by atoms with Crippen molar-refractivity contribution in [2.45, 2.75) is 32.0 Å².